The predicted molar refractivity (Wildman–Crippen MR) is 172 cm³/mol. The molecule has 3 aromatic heterocycles. The predicted octanol–water partition coefficient (Wildman–Crippen LogP) is 5.30. The summed E-state index contributed by atoms with van der Waals surface area (Å²) < 4.78 is 24.0. The Morgan fingerprint density at radius 3 is 2.39 bits per heavy atom. The first-order valence-electron chi connectivity index (χ1n) is 15.1. The molecule has 1 amide bonds. The molecule has 1 saturated heterocycles. The van der Waals surface area contributed by atoms with Gasteiger partial charge in [-0.1, -0.05) is 31.2 Å². The maximum Gasteiger partial charge on any atom is 0.282 e. The van der Waals surface area contributed by atoms with E-state index in [0.717, 1.165) is 30.4 Å². The lowest BCUT2D eigenvalue weighted by Gasteiger charge is -2.23. The monoisotopic (exact) mass is 622 g/mol. The topological polar surface area (TPSA) is 140 Å². The normalized spacial score (nSPS) is 13.4. The van der Waals surface area contributed by atoms with Crippen molar-refractivity contribution in [1.29, 1.82) is 0 Å². The molecule has 12 heteroatoms. The molecule has 236 valence electrons. The van der Waals surface area contributed by atoms with Crippen molar-refractivity contribution in [3.63, 3.8) is 0 Å². The van der Waals surface area contributed by atoms with Crippen molar-refractivity contribution in [2.75, 3.05) is 32.8 Å². The van der Waals surface area contributed by atoms with E-state index in [-0.39, 0.29) is 11.6 Å². The summed E-state index contributed by atoms with van der Waals surface area (Å²) in [5.41, 5.74) is 2.22. The van der Waals surface area contributed by atoms with Gasteiger partial charge in [-0.3, -0.25) is 24.6 Å². The number of benzene rings is 2. The second-order valence-electron chi connectivity index (χ2n) is 10.9. The van der Waals surface area contributed by atoms with Crippen LogP contribution in [0.2, 0.25) is 0 Å². The molecule has 1 N–H and O–H groups in total. The summed E-state index contributed by atoms with van der Waals surface area (Å²) in [6.07, 6.45) is 8.85. The number of aryl methyl sites for hydroxylation is 1. The minimum Gasteiger partial charge on any atom is -0.493 e. The SMILES string of the molecule is CCc1ccc(-c2cn(CC3CCOCC3)nc(C(=O)Nc3ncc(Oc4ccnc5cc(OC)c(OC)cc45)cn3)c2=O)cc1. The Morgan fingerprint density at radius 2 is 1.70 bits per heavy atom. The highest BCUT2D eigenvalue weighted by atomic mass is 16.5. The number of anilines is 1. The molecule has 6 rings (SSSR count). The fourth-order valence-corrected chi connectivity index (χ4v) is 5.36. The highest BCUT2D eigenvalue weighted by Crippen LogP contribution is 2.36. The van der Waals surface area contributed by atoms with Gasteiger partial charge in [-0.15, -0.1) is 0 Å². The number of carbonyl (C=O) groups excluding carboxylic acids is 1. The Hall–Kier alpha value is -5.36. The van der Waals surface area contributed by atoms with Gasteiger partial charge in [-0.05, 0) is 48.4 Å². The second-order valence-corrected chi connectivity index (χ2v) is 10.9. The summed E-state index contributed by atoms with van der Waals surface area (Å²) in [6.45, 7) is 4.00. The number of carbonyl (C=O) groups is 1. The van der Waals surface area contributed by atoms with E-state index in [9.17, 15) is 9.59 Å². The smallest absolute Gasteiger partial charge is 0.282 e. The Labute approximate surface area is 265 Å². The summed E-state index contributed by atoms with van der Waals surface area (Å²) in [4.78, 5) is 39.9. The summed E-state index contributed by atoms with van der Waals surface area (Å²) in [5.74, 6) is 1.54. The third-order valence-electron chi connectivity index (χ3n) is 7.93. The van der Waals surface area contributed by atoms with E-state index in [4.69, 9.17) is 18.9 Å². The number of nitrogens with one attached hydrogen (secondary N) is 1. The number of hydrogen-bond acceptors (Lipinski definition) is 10. The first-order valence-corrected chi connectivity index (χ1v) is 15.1. The summed E-state index contributed by atoms with van der Waals surface area (Å²) in [6, 6.07) is 13.0. The fourth-order valence-electron chi connectivity index (χ4n) is 5.36. The fraction of sp³-hybridized carbons (Fsp3) is 0.294. The summed E-state index contributed by atoms with van der Waals surface area (Å²) in [5, 5.41) is 7.78. The molecule has 0 bridgehead atoms. The van der Waals surface area contributed by atoms with E-state index >= 15 is 0 Å². The highest BCUT2D eigenvalue weighted by Gasteiger charge is 2.22. The Kier molecular flexibility index (Phi) is 9.15. The zero-order valence-corrected chi connectivity index (χ0v) is 25.9. The molecular weight excluding hydrogens is 588 g/mol. The lowest BCUT2D eigenvalue weighted by atomic mass is 10.00. The third-order valence-corrected chi connectivity index (χ3v) is 7.93. The number of amides is 1. The van der Waals surface area contributed by atoms with Crippen LogP contribution >= 0.6 is 0 Å². The third kappa shape index (κ3) is 6.66. The van der Waals surface area contributed by atoms with Gasteiger partial charge < -0.3 is 18.9 Å². The van der Waals surface area contributed by atoms with E-state index in [1.54, 1.807) is 49.5 Å². The molecule has 0 saturated carbocycles. The van der Waals surface area contributed by atoms with Crippen LogP contribution in [0.4, 0.5) is 5.95 Å². The first-order chi connectivity index (χ1) is 22.4. The van der Waals surface area contributed by atoms with E-state index in [0.29, 0.717) is 65.1 Å². The largest absolute Gasteiger partial charge is 0.493 e. The molecule has 1 fully saturated rings. The maximum atomic E-state index is 13.6. The van der Waals surface area contributed by atoms with Gasteiger partial charge in [-0.25, -0.2) is 9.97 Å². The number of fused-ring (bicyclic) bond motifs is 1. The van der Waals surface area contributed by atoms with Gasteiger partial charge in [0, 0.05) is 49.2 Å². The van der Waals surface area contributed by atoms with Crippen LogP contribution in [0.3, 0.4) is 0 Å². The number of hydrogen-bond donors (Lipinski definition) is 1. The molecule has 0 atom stereocenters. The van der Waals surface area contributed by atoms with Crippen LogP contribution in [0, 0.1) is 5.92 Å². The standard InChI is InChI=1S/C34H34N6O6/c1-4-21-5-7-23(8-6-21)26-20-40(19-22-10-13-45-14-11-22)39-31(32(26)41)33(42)38-34-36-17-24(18-37-34)46-28-9-12-35-27-16-30(44-3)29(43-2)15-25(27)28/h5-9,12,15-18,20,22H,4,10-11,13-14,19H2,1-3H3,(H,36,37,38,42). The molecule has 5 aromatic rings. The number of methoxy groups -OCH3 is 2. The number of ether oxygens (including phenoxy) is 4. The average Bonchev–Trinajstić information content (AvgIpc) is 3.09. The molecule has 12 nitrogen and oxygen atoms in total. The number of rotatable bonds is 10. The van der Waals surface area contributed by atoms with Gasteiger partial charge in [-0.2, -0.15) is 5.10 Å². The molecule has 1 aliphatic rings. The van der Waals surface area contributed by atoms with Crippen molar-refractivity contribution < 1.29 is 23.7 Å². The zero-order chi connectivity index (χ0) is 32.0. The lowest BCUT2D eigenvalue weighted by Crippen LogP contribution is -2.30. The van der Waals surface area contributed by atoms with Crippen molar-refractivity contribution in [3.8, 4) is 34.1 Å². The van der Waals surface area contributed by atoms with Crippen molar-refractivity contribution in [1.82, 2.24) is 24.7 Å². The molecule has 46 heavy (non-hydrogen) atoms. The van der Waals surface area contributed by atoms with Crippen LogP contribution in [-0.4, -0.2) is 58.1 Å². The molecule has 0 unspecified atom stereocenters. The molecular formula is C34H34N6O6. The minimum absolute atomic E-state index is 0.00165. The van der Waals surface area contributed by atoms with Gasteiger partial charge in [0.1, 0.15) is 5.75 Å². The average molecular weight is 623 g/mol. The van der Waals surface area contributed by atoms with Gasteiger partial charge in [0.2, 0.25) is 11.4 Å². The van der Waals surface area contributed by atoms with E-state index in [2.05, 4.69) is 32.3 Å². The van der Waals surface area contributed by atoms with Crippen LogP contribution in [-0.2, 0) is 17.7 Å². The summed E-state index contributed by atoms with van der Waals surface area (Å²) in [7, 11) is 3.11. The quantitative estimate of drug-likeness (QED) is 0.218. The van der Waals surface area contributed by atoms with Gasteiger partial charge in [0.05, 0.1) is 32.1 Å². The lowest BCUT2D eigenvalue weighted by molar-refractivity contribution is 0.0599. The second kappa shape index (κ2) is 13.7. The number of aromatic nitrogens is 5. The van der Waals surface area contributed by atoms with E-state index < -0.39 is 11.3 Å². The van der Waals surface area contributed by atoms with Crippen molar-refractivity contribution >= 4 is 22.8 Å². The maximum absolute atomic E-state index is 13.6. The highest BCUT2D eigenvalue weighted by molar-refractivity contribution is 6.02. The van der Waals surface area contributed by atoms with Gasteiger partial charge >= 0.3 is 0 Å². The van der Waals surface area contributed by atoms with Gasteiger partial charge in [0.25, 0.3) is 5.91 Å². The van der Waals surface area contributed by atoms with Crippen LogP contribution in [0.5, 0.6) is 23.0 Å². The molecule has 2 aromatic carbocycles. The molecule has 4 heterocycles. The summed E-state index contributed by atoms with van der Waals surface area (Å²) >= 11 is 0. The van der Waals surface area contributed by atoms with Crippen LogP contribution in [0.1, 0.15) is 35.8 Å². The minimum atomic E-state index is -0.701. The van der Waals surface area contributed by atoms with Crippen molar-refractivity contribution in [3.05, 3.63) is 88.7 Å². The zero-order valence-electron chi connectivity index (χ0n) is 25.9. The Morgan fingerprint density at radius 1 is 0.978 bits per heavy atom. The van der Waals surface area contributed by atoms with Crippen LogP contribution in [0.15, 0.2) is 72.0 Å². The van der Waals surface area contributed by atoms with Crippen molar-refractivity contribution in [2.24, 2.45) is 5.92 Å². The van der Waals surface area contributed by atoms with Crippen LogP contribution in [0.25, 0.3) is 22.0 Å². The van der Waals surface area contributed by atoms with E-state index in [1.165, 1.54) is 12.4 Å². The van der Waals surface area contributed by atoms with Crippen LogP contribution < -0.4 is 25.0 Å². The van der Waals surface area contributed by atoms with Crippen molar-refractivity contribution in [2.45, 2.75) is 32.7 Å². The Balaban J connectivity index is 1.24. The molecule has 1 aliphatic heterocycles. The molecule has 0 radical (unpaired) electrons. The number of nitrogens with zero attached hydrogens (tertiary/aromatic N) is 5. The first kappa shape index (κ1) is 30.7. The van der Waals surface area contributed by atoms with Gasteiger partial charge in [0.15, 0.2) is 22.9 Å². The Bertz CT molecular complexity index is 1900. The van der Waals surface area contributed by atoms with E-state index in [1.807, 2.05) is 24.3 Å². The molecule has 0 spiro atoms. The number of pyridine rings is 1. The molecule has 0 aliphatic carbocycles.